The summed E-state index contributed by atoms with van der Waals surface area (Å²) in [4.78, 5) is 10.4. The fraction of sp³-hybridized carbons (Fsp3) is 0.455. The van der Waals surface area contributed by atoms with Gasteiger partial charge in [0.05, 0.1) is 4.92 Å². The lowest BCUT2D eigenvalue weighted by molar-refractivity contribution is -0.385. The second-order valence-electron chi connectivity index (χ2n) is 4.59. The van der Waals surface area contributed by atoms with Crippen LogP contribution in [0.2, 0.25) is 0 Å². The van der Waals surface area contributed by atoms with Gasteiger partial charge in [-0.15, -0.1) is 0 Å². The Kier molecular flexibility index (Phi) is 2.23. The summed E-state index contributed by atoms with van der Waals surface area (Å²) < 4.78 is 0. The van der Waals surface area contributed by atoms with Gasteiger partial charge in [-0.25, -0.2) is 0 Å². The smallest absolute Gasteiger partial charge is 0.269 e. The van der Waals surface area contributed by atoms with E-state index in [0.717, 1.165) is 24.2 Å². The Morgan fingerprint density at radius 2 is 2.20 bits per heavy atom. The zero-order valence-corrected chi connectivity index (χ0v) is 8.91. The second-order valence-corrected chi connectivity index (χ2v) is 4.59. The van der Waals surface area contributed by atoms with Gasteiger partial charge in [0.1, 0.15) is 0 Å². The molecule has 0 spiro atoms. The van der Waals surface area contributed by atoms with Crippen LogP contribution in [0, 0.1) is 10.1 Å². The molecule has 4 nitrogen and oxygen atoms in total. The molecule has 1 aromatic carbocycles. The predicted octanol–water partition coefficient (Wildman–Crippen LogP) is 1.98. The van der Waals surface area contributed by atoms with Crippen molar-refractivity contribution in [1.29, 1.82) is 0 Å². The van der Waals surface area contributed by atoms with Crippen LogP contribution >= 0.6 is 0 Å². The number of non-ortho nitro benzene ring substituents is 1. The SMILES string of the molecule is CC1(C)CNCc2ccc([N+](=O)[O-])cc21. The highest BCUT2D eigenvalue weighted by atomic mass is 16.6. The summed E-state index contributed by atoms with van der Waals surface area (Å²) in [6.45, 7) is 5.86. The third kappa shape index (κ3) is 1.72. The summed E-state index contributed by atoms with van der Waals surface area (Å²) >= 11 is 0. The van der Waals surface area contributed by atoms with Crippen molar-refractivity contribution < 1.29 is 4.92 Å². The molecule has 0 amide bonds. The first kappa shape index (κ1) is 10.1. The quantitative estimate of drug-likeness (QED) is 0.564. The normalized spacial score (nSPS) is 18.3. The fourth-order valence-corrected chi connectivity index (χ4v) is 2.07. The highest BCUT2D eigenvalue weighted by Gasteiger charge is 2.28. The van der Waals surface area contributed by atoms with E-state index in [2.05, 4.69) is 19.2 Å². The maximum absolute atomic E-state index is 10.7. The van der Waals surface area contributed by atoms with Crippen molar-refractivity contribution in [3.8, 4) is 0 Å². The molecule has 0 fully saturated rings. The van der Waals surface area contributed by atoms with Crippen molar-refractivity contribution in [3.63, 3.8) is 0 Å². The summed E-state index contributed by atoms with van der Waals surface area (Å²) in [6.07, 6.45) is 0. The van der Waals surface area contributed by atoms with Gasteiger partial charge < -0.3 is 5.32 Å². The van der Waals surface area contributed by atoms with E-state index in [-0.39, 0.29) is 16.0 Å². The first-order valence-electron chi connectivity index (χ1n) is 4.99. The number of rotatable bonds is 1. The van der Waals surface area contributed by atoms with Crippen LogP contribution < -0.4 is 5.32 Å². The van der Waals surface area contributed by atoms with Crippen molar-refractivity contribution in [2.45, 2.75) is 25.8 Å². The molecule has 1 aromatic rings. The van der Waals surface area contributed by atoms with E-state index in [0.29, 0.717) is 0 Å². The molecular formula is C11H14N2O2. The van der Waals surface area contributed by atoms with Crippen LogP contribution in [0.15, 0.2) is 18.2 Å². The number of nitrogens with one attached hydrogen (secondary N) is 1. The molecule has 0 bridgehead atoms. The molecule has 1 N–H and O–H groups in total. The molecular weight excluding hydrogens is 192 g/mol. The number of hydrogen-bond acceptors (Lipinski definition) is 3. The summed E-state index contributed by atoms with van der Waals surface area (Å²) in [5.41, 5.74) is 2.41. The molecule has 0 aliphatic carbocycles. The summed E-state index contributed by atoms with van der Waals surface area (Å²) in [6, 6.07) is 5.12. The molecule has 4 heteroatoms. The van der Waals surface area contributed by atoms with E-state index < -0.39 is 0 Å². The van der Waals surface area contributed by atoms with E-state index in [4.69, 9.17) is 0 Å². The summed E-state index contributed by atoms with van der Waals surface area (Å²) in [7, 11) is 0. The first-order chi connectivity index (χ1) is 7.00. The van der Waals surface area contributed by atoms with Crippen molar-refractivity contribution in [2.24, 2.45) is 0 Å². The van der Waals surface area contributed by atoms with Gasteiger partial charge >= 0.3 is 0 Å². The van der Waals surface area contributed by atoms with Crippen LogP contribution in [0.3, 0.4) is 0 Å². The van der Waals surface area contributed by atoms with Crippen molar-refractivity contribution in [3.05, 3.63) is 39.4 Å². The van der Waals surface area contributed by atoms with Crippen molar-refractivity contribution in [2.75, 3.05) is 6.54 Å². The van der Waals surface area contributed by atoms with Crippen LogP contribution in [0.5, 0.6) is 0 Å². The van der Waals surface area contributed by atoms with Gasteiger partial charge in [-0.05, 0) is 11.1 Å². The van der Waals surface area contributed by atoms with Gasteiger partial charge in [0, 0.05) is 30.6 Å². The first-order valence-corrected chi connectivity index (χ1v) is 4.99. The lowest BCUT2D eigenvalue weighted by atomic mass is 9.79. The van der Waals surface area contributed by atoms with Gasteiger partial charge in [0.15, 0.2) is 0 Å². The molecule has 0 radical (unpaired) electrons. The lowest BCUT2D eigenvalue weighted by Gasteiger charge is -2.32. The third-order valence-electron chi connectivity index (χ3n) is 2.92. The largest absolute Gasteiger partial charge is 0.312 e. The molecule has 80 valence electrons. The molecule has 0 saturated carbocycles. The molecule has 15 heavy (non-hydrogen) atoms. The number of nitrogens with zero attached hydrogens (tertiary/aromatic N) is 1. The summed E-state index contributed by atoms with van der Waals surface area (Å²) in [5, 5.41) is 14.0. The monoisotopic (exact) mass is 206 g/mol. The summed E-state index contributed by atoms with van der Waals surface area (Å²) in [5.74, 6) is 0. The Morgan fingerprint density at radius 1 is 1.47 bits per heavy atom. The number of hydrogen-bond donors (Lipinski definition) is 1. The van der Waals surface area contributed by atoms with Crippen LogP contribution in [0.1, 0.15) is 25.0 Å². The van der Waals surface area contributed by atoms with Gasteiger partial charge in [-0.2, -0.15) is 0 Å². The average Bonchev–Trinajstić information content (AvgIpc) is 2.17. The molecule has 1 aliphatic rings. The third-order valence-corrected chi connectivity index (χ3v) is 2.92. The Hall–Kier alpha value is -1.42. The zero-order chi connectivity index (χ0) is 11.1. The maximum Gasteiger partial charge on any atom is 0.269 e. The lowest BCUT2D eigenvalue weighted by Crippen LogP contribution is -2.38. The molecule has 0 saturated heterocycles. The number of nitro benzene ring substituents is 1. The molecule has 1 aliphatic heterocycles. The predicted molar refractivity (Wildman–Crippen MR) is 57.8 cm³/mol. The minimum Gasteiger partial charge on any atom is -0.312 e. The van der Waals surface area contributed by atoms with Gasteiger partial charge in [-0.3, -0.25) is 10.1 Å². The topological polar surface area (TPSA) is 55.2 Å². The standard InChI is InChI=1S/C11H14N2O2/c1-11(2)7-12-6-8-3-4-9(13(14)15)5-10(8)11/h3-5,12H,6-7H2,1-2H3. The van der Waals surface area contributed by atoms with Crippen molar-refractivity contribution >= 4 is 5.69 Å². The Balaban J connectivity index is 2.53. The van der Waals surface area contributed by atoms with E-state index in [1.807, 2.05) is 6.07 Å². The molecule has 0 unspecified atom stereocenters. The Bertz CT molecular complexity index is 413. The zero-order valence-electron chi connectivity index (χ0n) is 8.91. The van der Waals surface area contributed by atoms with Crippen LogP contribution in [-0.2, 0) is 12.0 Å². The highest BCUT2D eigenvalue weighted by molar-refractivity contribution is 5.44. The number of benzene rings is 1. The number of fused-ring (bicyclic) bond motifs is 1. The van der Waals surface area contributed by atoms with E-state index in [1.54, 1.807) is 12.1 Å². The number of nitro groups is 1. The van der Waals surface area contributed by atoms with E-state index in [9.17, 15) is 10.1 Å². The minimum absolute atomic E-state index is 0.0282. The van der Waals surface area contributed by atoms with E-state index >= 15 is 0 Å². The molecule has 2 rings (SSSR count). The van der Waals surface area contributed by atoms with Crippen LogP contribution in [-0.4, -0.2) is 11.5 Å². The Labute approximate surface area is 88.5 Å². The molecule has 0 aromatic heterocycles. The van der Waals surface area contributed by atoms with Gasteiger partial charge in [0.25, 0.3) is 5.69 Å². The second kappa shape index (κ2) is 3.31. The van der Waals surface area contributed by atoms with Gasteiger partial charge in [-0.1, -0.05) is 19.9 Å². The molecule has 1 heterocycles. The molecule has 0 atom stereocenters. The van der Waals surface area contributed by atoms with Crippen molar-refractivity contribution in [1.82, 2.24) is 5.32 Å². The van der Waals surface area contributed by atoms with Crippen LogP contribution in [0.4, 0.5) is 5.69 Å². The Morgan fingerprint density at radius 3 is 2.87 bits per heavy atom. The average molecular weight is 206 g/mol. The van der Waals surface area contributed by atoms with E-state index in [1.165, 1.54) is 0 Å². The fourth-order valence-electron chi connectivity index (χ4n) is 2.07. The maximum atomic E-state index is 10.7. The van der Waals surface area contributed by atoms with Crippen LogP contribution in [0.25, 0.3) is 0 Å². The highest BCUT2D eigenvalue weighted by Crippen LogP contribution is 2.31. The minimum atomic E-state index is -0.335. The van der Waals surface area contributed by atoms with Gasteiger partial charge in [0.2, 0.25) is 0 Å².